The highest BCUT2D eigenvalue weighted by molar-refractivity contribution is 5.85. The minimum Gasteiger partial charge on any atom is -0.481 e. The molecular weight excluding hydrogens is 266 g/mol. The first-order valence-corrected chi connectivity index (χ1v) is 8.52. The van der Waals surface area contributed by atoms with E-state index in [9.17, 15) is 14.7 Å². The highest BCUT2D eigenvalue weighted by Gasteiger charge is 2.40. The van der Waals surface area contributed by atoms with Crippen molar-refractivity contribution in [1.29, 1.82) is 0 Å². The van der Waals surface area contributed by atoms with Crippen LogP contribution in [0.4, 0.5) is 0 Å². The minimum atomic E-state index is -0.816. The molecule has 0 aliphatic heterocycles. The molecule has 2 fully saturated rings. The molecule has 0 bridgehead atoms. The highest BCUT2D eigenvalue weighted by Crippen LogP contribution is 2.38. The molecule has 2 aliphatic carbocycles. The summed E-state index contributed by atoms with van der Waals surface area (Å²) >= 11 is 0. The predicted octanol–water partition coefficient (Wildman–Crippen LogP) is 3.35. The van der Waals surface area contributed by atoms with E-state index >= 15 is 0 Å². The van der Waals surface area contributed by atoms with Gasteiger partial charge in [0.2, 0.25) is 5.91 Å². The maximum atomic E-state index is 12.2. The third-order valence-corrected chi connectivity index (χ3v) is 5.40. The Bertz CT molecular complexity index is 372. The molecule has 2 rings (SSSR count). The topological polar surface area (TPSA) is 66.4 Å². The van der Waals surface area contributed by atoms with Crippen LogP contribution in [0.25, 0.3) is 0 Å². The van der Waals surface area contributed by atoms with Crippen molar-refractivity contribution < 1.29 is 14.7 Å². The van der Waals surface area contributed by atoms with Crippen LogP contribution in [-0.4, -0.2) is 23.5 Å². The zero-order valence-corrected chi connectivity index (χ0v) is 13.2. The molecular formula is C17H29NO3. The first-order valence-electron chi connectivity index (χ1n) is 8.52. The number of carboxylic acid groups (broad SMARTS) is 1. The molecule has 21 heavy (non-hydrogen) atoms. The van der Waals surface area contributed by atoms with Crippen molar-refractivity contribution in [3.8, 4) is 0 Å². The Morgan fingerprint density at radius 2 is 1.81 bits per heavy atom. The molecule has 0 aromatic carbocycles. The standard InChI is InChI=1S/C17H29NO3/c1-13-6-7-14(10-13)12-18-15(19)11-17(16(20)21)8-4-2-3-5-9-17/h13-14H,2-12H2,1H3,(H,18,19)(H,20,21). The summed E-state index contributed by atoms with van der Waals surface area (Å²) in [7, 11) is 0. The van der Waals surface area contributed by atoms with Gasteiger partial charge >= 0.3 is 5.97 Å². The van der Waals surface area contributed by atoms with Crippen molar-refractivity contribution in [3.63, 3.8) is 0 Å². The van der Waals surface area contributed by atoms with Crippen LogP contribution in [0.1, 0.15) is 71.1 Å². The van der Waals surface area contributed by atoms with Gasteiger partial charge in [0, 0.05) is 13.0 Å². The lowest BCUT2D eigenvalue weighted by Gasteiger charge is -2.27. The predicted molar refractivity (Wildman–Crippen MR) is 81.9 cm³/mol. The number of hydrogen-bond donors (Lipinski definition) is 2. The normalized spacial score (nSPS) is 28.8. The third kappa shape index (κ3) is 4.45. The van der Waals surface area contributed by atoms with E-state index in [2.05, 4.69) is 12.2 Å². The van der Waals surface area contributed by atoms with Crippen molar-refractivity contribution in [2.75, 3.05) is 6.54 Å². The van der Waals surface area contributed by atoms with Crippen LogP contribution in [0.3, 0.4) is 0 Å². The molecule has 4 nitrogen and oxygen atoms in total. The van der Waals surface area contributed by atoms with Crippen LogP contribution in [0.2, 0.25) is 0 Å². The van der Waals surface area contributed by atoms with Crippen molar-refractivity contribution in [1.82, 2.24) is 5.32 Å². The van der Waals surface area contributed by atoms with E-state index in [1.165, 1.54) is 19.3 Å². The second kappa shape index (κ2) is 7.28. The lowest BCUT2D eigenvalue weighted by atomic mass is 9.77. The molecule has 2 unspecified atom stereocenters. The van der Waals surface area contributed by atoms with Crippen LogP contribution in [0.15, 0.2) is 0 Å². The molecule has 4 heteroatoms. The van der Waals surface area contributed by atoms with Crippen LogP contribution in [-0.2, 0) is 9.59 Å². The summed E-state index contributed by atoms with van der Waals surface area (Å²) in [6.07, 6.45) is 9.12. The summed E-state index contributed by atoms with van der Waals surface area (Å²) in [6, 6.07) is 0. The summed E-state index contributed by atoms with van der Waals surface area (Å²) in [4.78, 5) is 23.9. The average molecular weight is 295 g/mol. The van der Waals surface area contributed by atoms with Crippen LogP contribution >= 0.6 is 0 Å². The van der Waals surface area contributed by atoms with Gasteiger partial charge in [-0.15, -0.1) is 0 Å². The number of carbonyl (C=O) groups excluding carboxylic acids is 1. The first kappa shape index (κ1) is 16.3. The molecule has 0 saturated heterocycles. The van der Waals surface area contributed by atoms with E-state index < -0.39 is 11.4 Å². The Morgan fingerprint density at radius 1 is 1.14 bits per heavy atom. The van der Waals surface area contributed by atoms with Gasteiger partial charge in [-0.3, -0.25) is 9.59 Å². The summed E-state index contributed by atoms with van der Waals surface area (Å²) in [5, 5.41) is 12.6. The van der Waals surface area contributed by atoms with E-state index in [-0.39, 0.29) is 12.3 Å². The van der Waals surface area contributed by atoms with Crippen LogP contribution in [0, 0.1) is 17.3 Å². The maximum absolute atomic E-state index is 12.2. The molecule has 120 valence electrons. The Morgan fingerprint density at radius 3 is 2.33 bits per heavy atom. The highest BCUT2D eigenvalue weighted by atomic mass is 16.4. The van der Waals surface area contributed by atoms with Gasteiger partial charge in [-0.25, -0.2) is 0 Å². The van der Waals surface area contributed by atoms with E-state index in [1.807, 2.05) is 0 Å². The fraction of sp³-hybridized carbons (Fsp3) is 0.882. The molecule has 2 aliphatic rings. The number of rotatable bonds is 5. The number of nitrogens with one attached hydrogen (secondary N) is 1. The van der Waals surface area contributed by atoms with E-state index in [4.69, 9.17) is 0 Å². The number of carboxylic acids is 1. The molecule has 1 amide bonds. The molecule has 0 spiro atoms. The minimum absolute atomic E-state index is 0.0705. The molecule has 0 aromatic heterocycles. The number of aliphatic carboxylic acids is 1. The van der Waals surface area contributed by atoms with E-state index in [0.717, 1.165) is 38.1 Å². The van der Waals surface area contributed by atoms with Gasteiger partial charge in [-0.05, 0) is 37.5 Å². The molecule has 0 aromatic rings. The van der Waals surface area contributed by atoms with Crippen molar-refractivity contribution >= 4 is 11.9 Å². The smallest absolute Gasteiger partial charge is 0.310 e. The van der Waals surface area contributed by atoms with Gasteiger partial charge < -0.3 is 10.4 Å². The molecule has 2 atom stereocenters. The van der Waals surface area contributed by atoms with Gasteiger partial charge in [-0.2, -0.15) is 0 Å². The first-order chi connectivity index (χ1) is 10.0. The second-order valence-corrected chi connectivity index (χ2v) is 7.26. The number of amides is 1. The Kier molecular flexibility index (Phi) is 5.65. The molecule has 2 saturated carbocycles. The Hall–Kier alpha value is -1.06. The molecule has 2 N–H and O–H groups in total. The molecule has 0 heterocycles. The summed E-state index contributed by atoms with van der Waals surface area (Å²) in [5.74, 6) is 0.492. The van der Waals surface area contributed by atoms with Crippen molar-refractivity contribution in [2.45, 2.75) is 71.1 Å². The zero-order chi connectivity index (χ0) is 15.3. The number of carbonyl (C=O) groups is 2. The average Bonchev–Trinajstić information content (AvgIpc) is 2.71. The zero-order valence-electron chi connectivity index (χ0n) is 13.2. The van der Waals surface area contributed by atoms with Crippen molar-refractivity contribution in [2.24, 2.45) is 17.3 Å². The summed E-state index contributed by atoms with van der Waals surface area (Å²) < 4.78 is 0. The van der Waals surface area contributed by atoms with Crippen LogP contribution in [0.5, 0.6) is 0 Å². The monoisotopic (exact) mass is 295 g/mol. The van der Waals surface area contributed by atoms with E-state index in [1.54, 1.807) is 0 Å². The van der Waals surface area contributed by atoms with E-state index in [0.29, 0.717) is 18.8 Å². The van der Waals surface area contributed by atoms with Gasteiger partial charge in [-0.1, -0.05) is 39.0 Å². The van der Waals surface area contributed by atoms with Crippen LogP contribution < -0.4 is 5.32 Å². The fourth-order valence-electron chi connectivity index (χ4n) is 4.01. The SMILES string of the molecule is CC1CCC(CNC(=O)CC2(C(=O)O)CCCCCC2)C1. The van der Waals surface area contributed by atoms with Gasteiger partial charge in [0.25, 0.3) is 0 Å². The summed E-state index contributed by atoms with van der Waals surface area (Å²) in [5.41, 5.74) is -0.816. The largest absolute Gasteiger partial charge is 0.481 e. The lowest BCUT2D eigenvalue weighted by molar-refractivity contribution is -0.152. The quantitative estimate of drug-likeness (QED) is 0.764. The Balaban J connectivity index is 1.84. The van der Waals surface area contributed by atoms with Gasteiger partial charge in [0.15, 0.2) is 0 Å². The molecule has 0 radical (unpaired) electrons. The lowest BCUT2D eigenvalue weighted by Crippen LogP contribution is -2.38. The van der Waals surface area contributed by atoms with Gasteiger partial charge in [0.1, 0.15) is 0 Å². The van der Waals surface area contributed by atoms with Crippen molar-refractivity contribution in [3.05, 3.63) is 0 Å². The fourth-order valence-corrected chi connectivity index (χ4v) is 4.01. The summed E-state index contributed by atoms with van der Waals surface area (Å²) in [6.45, 7) is 2.98. The maximum Gasteiger partial charge on any atom is 0.310 e. The Labute approximate surface area is 127 Å². The number of hydrogen-bond acceptors (Lipinski definition) is 2. The third-order valence-electron chi connectivity index (χ3n) is 5.40. The second-order valence-electron chi connectivity index (χ2n) is 7.26. The van der Waals surface area contributed by atoms with Gasteiger partial charge in [0.05, 0.1) is 5.41 Å².